The molecule has 0 saturated heterocycles. The number of carbonyl (C=O) groups is 1. The van der Waals surface area contributed by atoms with Crippen molar-refractivity contribution in [1.29, 1.82) is 0 Å². The van der Waals surface area contributed by atoms with Crippen LogP contribution in [-0.4, -0.2) is 45.7 Å². The normalized spacial score (nSPS) is 12.7. The molecule has 19 heavy (non-hydrogen) atoms. The highest BCUT2D eigenvalue weighted by molar-refractivity contribution is 7.99. The van der Waals surface area contributed by atoms with Gasteiger partial charge in [-0.15, -0.1) is 5.10 Å². The van der Waals surface area contributed by atoms with Crippen LogP contribution in [0.2, 0.25) is 0 Å². The molecule has 1 unspecified atom stereocenters. The standard InChI is InChI=1S/C11H20N4O3S/c1-5-15-10(17)13-14-11(15)19-6-8(9(16)18-4)12-7(2)3/h7-8,12H,5-6H2,1-4H3,(H,13,17). The maximum absolute atomic E-state index is 11.6. The lowest BCUT2D eigenvalue weighted by atomic mass is 10.3. The monoisotopic (exact) mass is 288 g/mol. The Morgan fingerprint density at radius 2 is 2.26 bits per heavy atom. The smallest absolute Gasteiger partial charge is 0.343 e. The molecular weight excluding hydrogens is 268 g/mol. The van der Waals surface area contributed by atoms with E-state index in [9.17, 15) is 9.59 Å². The third-order valence-electron chi connectivity index (χ3n) is 2.44. The number of carbonyl (C=O) groups excluding carboxylic acids is 1. The summed E-state index contributed by atoms with van der Waals surface area (Å²) in [6.45, 7) is 6.32. The molecule has 1 aromatic rings. The summed E-state index contributed by atoms with van der Waals surface area (Å²) in [5.41, 5.74) is -0.239. The third kappa shape index (κ3) is 4.39. The van der Waals surface area contributed by atoms with Gasteiger partial charge in [-0.05, 0) is 6.92 Å². The maximum atomic E-state index is 11.6. The highest BCUT2D eigenvalue weighted by atomic mass is 32.2. The largest absolute Gasteiger partial charge is 0.468 e. The van der Waals surface area contributed by atoms with E-state index in [0.717, 1.165) is 0 Å². The molecule has 0 bridgehead atoms. The van der Waals surface area contributed by atoms with E-state index in [1.165, 1.54) is 23.4 Å². The second kappa shape index (κ2) is 7.34. The minimum atomic E-state index is -0.424. The van der Waals surface area contributed by atoms with Crippen LogP contribution in [0.4, 0.5) is 0 Å². The molecule has 0 aliphatic carbocycles. The summed E-state index contributed by atoms with van der Waals surface area (Å²) >= 11 is 1.34. The minimum absolute atomic E-state index is 0.164. The number of hydrogen-bond acceptors (Lipinski definition) is 6. The fourth-order valence-electron chi connectivity index (χ4n) is 1.58. The zero-order valence-electron chi connectivity index (χ0n) is 11.6. The fourth-order valence-corrected chi connectivity index (χ4v) is 2.61. The topological polar surface area (TPSA) is 89.0 Å². The van der Waals surface area contributed by atoms with Crippen molar-refractivity contribution >= 4 is 17.7 Å². The van der Waals surface area contributed by atoms with Crippen molar-refractivity contribution in [1.82, 2.24) is 20.1 Å². The Labute approximate surface area is 116 Å². The molecule has 0 spiro atoms. The van der Waals surface area contributed by atoms with Gasteiger partial charge in [0.05, 0.1) is 7.11 Å². The van der Waals surface area contributed by atoms with Crippen LogP contribution in [0.25, 0.3) is 0 Å². The molecule has 108 valence electrons. The molecule has 8 heteroatoms. The number of nitrogens with zero attached hydrogens (tertiary/aromatic N) is 2. The summed E-state index contributed by atoms with van der Waals surface area (Å²) < 4.78 is 6.27. The van der Waals surface area contributed by atoms with Crippen LogP contribution in [-0.2, 0) is 16.1 Å². The molecule has 1 atom stereocenters. The van der Waals surface area contributed by atoms with Gasteiger partial charge in [-0.1, -0.05) is 25.6 Å². The van der Waals surface area contributed by atoms with Crippen molar-refractivity contribution in [2.45, 2.75) is 44.6 Å². The lowest BCUT2D eigenvalue weighted by Gasteiger charge is -2.18. The lowest BCUT2D eigenvalue weighted by molar-refractivity contribution is -0.142. The summed E-state index contributed by atoms with van der Waals surface area (Å²) in [5, 5.41) is 10.0. The van der Waals surface area contributed by atoms with E-state index in [2.05, 4.69) is 15.5 Å². The van der Waals surface area contributed by atoms with Gasteiger partial charge in [0.25, 0.3) is 0 Å². The molecule has 0 aromatic carbocycles. The first kappa shape index (κ1) is 15.8. The molecule has 7 nitrogen and oxygen atoms in total. The van der Waals surface area contributed by atoms with E-state index in [1.54, 1.807) is 0 Å². The van der Waals surface area contributed by atoms with Gasteiger partial charge in [-0.2, -0.15) is 0 Å². The molecule has 0 amide bonds. The number of nitrogens with one attached hydrogen (secondary N) is 2. The van der Waals surface area contributed by atoms with E-state index in [-0.39, 0.29) is 17.7 Å². The average Bonchev–Trinajstić information content (AvgIpc) is 2.73. The lowest BCUT2D eigenvalue weighted by Crippen LogP contribution is -2.43. The molecule has 0 saturated carbocycles. The van der Waals surface area contributed by atoms with Crippen molar-refractivity contribution in [2.75, 3.05) is 12.9 Å². The number of hydrogen-bond donors (Lipinski definition) is 2. The highest BCUT2D eigenvalue weighted by Gasteiger charge is 2.21. The van der Waals surface area contributed by atoms with E-state index in [4.69, 9.17) is 4.74 Å². The summed E-state index contributed by atoms with van der Waals surface area (Å²) in [6.07, 6.45) is 0. The van der Waals surface area contributed by atoms with Crippen LogP contribution in [0.1, 0.15) is 20.8 Å². The van der Waals surface area contributed by atoms with Gasteiger partial charge in [0.1, 0.15) is 6.04 Å². The number of esters is 1. The zero-order chi connectivity index (χ0) is 14.4. The van der Waals surface area contributed by atoms with Gasteiger partial charge in [-0.25, -0.2) is 9.89 Å². The number of rotatable bonds is 7. The van der Waals surface area contributed by atoms with Crippen LogP contribution in [0.3, 0.4) is 0 Å². The van der Waals surface area contributed by atoms with Gasteiger partial charge in [0.15, 0.2) is 5.16 Å². The molecule has 0 fully saturated rings. The first-order valence-electron chi connectivity index (χ1n) is 6.11. The predicted molar refractivity (Wildman–Crippen MR) is 73.3 cm³/mol. The Hall–Kier alpha value is -1.28. The number of ether oxygens (including phenoxy) is 1. The van der Waals surface area contributed by atoms with Crippen LogP contribution in [0, 0.1) is 0 Å². The molecule has 1 heterocycles. The Kier molecular flexibility index (Phi) is 6.10. The van der Waals surface area contributed by atoms with Gasteiger partial charge >= 0.3 is 11.7 Å². The molecule has 0 aliphatic rings. The third-order valence-corrected chi connectivity index (χ3v) is 3.51. The van der Waals surface area contributed by atoms with E-state index < -0.39 is 6.04 Å². The van der Waals surface area contributed by atoms with Gasteiger partial charge in [0.2, 0.25) is 0 Å². The first-order chi connectivity index (χ1) is 8.99. The second-order valence-electron chi connectivity index (χ2n) is 4.26. The summed E-state index contributed by atoms with van der Waals surface area (Å²) in [5.74, 6) is 0.136. The Morgan fingerprint density at radius 1 is 1.58 bits per heavy atom. The van der Waals surface area contributed by atoms with Crippen LogP contribution >= 0.6 is 11.8 Å². The number of H-pyrrole nitrogens is 1. The maximum Gasteiger partial charge on any atom is 0.343 e. The Bertz CT molecular complexity index is 469. The van der Waals surface area contributed by atoms with Crippen molar-refractivity contribution in [3.8, 4) is 0 Å². The van der Waals surface area contributed by atoms with Crippen molar-refractivity contribution < 1.29 is 9.53 Å². The number of methoxy groups -OCH3 is 1. The van der Waals surface area contributed by atoms with E-state index in [1.807, 2.05) is 20.8 Å². The Morgan fingerprint density at radius 3 is 2.79 bits per heavy atom. The minimum Gasteiger partial charge on any atom is -0.468 e. The van der Waals surface area contributed by atoms with Gasteiger partial charge in [-0.3, -0.25) is 9.36 Å². The molecular formula is C11H20N4O3S. The van der Waals surface area contributed by atoms with E-state index >= 15 is 0 Å². The predicted octanol–water partition coefficient (Wildman–Crippen LogP) is 0.223. The average molecular weight is 288 g/mol. The van der Waals surface area contributed by atoms with E-state index in [0.29, 0.717) is 17.5 Å². The highest BCUT2D eigenvalue weighted by Crippen LogP contribution is 2.15. The van der Waals surface area contributed by atoms with Crippen LogP contribution in [0.5, 0.6) is 0 Å². The van der Waals surface area contributed by atoms with Crippen LogP contribution < -0.4 is 11.0 Å². The second-order valence-corrected chi connectivity index (χ2v) is 5.25. The van der Waals surface area contributed by atoms with Gasteiger partial charge < -0.3 is 10.1 Å². The quantitative estimate of drug-likeness (QED) is 0.551. The SMILES string of the molecule is CCn1c(SCC(NC(C)C)C(=O)OC)n[nH]c1=O. The summed E-state index contributed by atoms with van der Waals surface area (Å²) in [7, 11) is 1.36. The number of thioether (sulfide) groups is 1. The van der Waals surface area contributed by atoms with Crippen molar-refractivity contribution in [2.24, 2.45) is 0 Å². The number of aromatic amines is 1. The molecule has 2 N–H and O–H groups in total. The summed E-state index contributed by atoms with van der Waals surface area (Å²) in [6, 6.07) is -0.260. The first-order valence-corrected chi connectivity index (χ1v) is 7.10. The van der Waals surface area contributed by atoms with Crippen molar-refractivity contribution in [3.63, 3.8) is 0 Å². The molecule has 0 aliphatic heterocycles. The molecule has 0 radical (unpaired) electrons. The molecule has 1 aromatic heterocycles. The molecule has 1 rings (SSSR count). The van der Waals surface area contributed by atoms with Gasteiger partial charge in [0, 0.05) is 18.3 Å². The summed E-state index contributed by atoms with van der Waals surface area (Å²) in [4.78, 5) is 23.0. The number of aromatic nitrogens is 3. The zero-order valence-corrected chi connectivity index (χ0v) is 12.4. The Balaban J connectivity index is 2.70. The van der Waals surface area contributed by atoms with Crippen molar-refractivity contribution in [3.05, 3.63) is 10.5 Å². The van der Waals surface area contributed by atoms with Crippen LogP contribution in [0.15, 0.2) is 9.95 Å². The fraction of sp³-hybridized carbons (Fsp3) is 0.727.